The van der Waals surface area contributed by atoms with E-state index in [0.717, 1.165) is 49.3 Å². The van der Waals surface area contributed by atoms with E-state index >= 15 is 0 Å². The molecule has 6 aromatic heterocycles. The van der Waals surface area contributed by atoms with Crippen LogP contribution >= 0.6 is 0 Å². The van der Waals surface area contributed by atoms with Crippen molar-refractivity contribution in [2.24, 2.45) is 0 Å². The SMILES string of the molecule is Cc1ncnc2c1c(NCc1cncc3ccccc13)cc(=O)n2O.Cc1ncnc2c1c(NCc1cncc3ccccc13)cc(=O)n2OCc1ccccc1. The lowest BCUT2D eigenvalue weighted by Crippen LogP contribution is -2.28. The summed E-state index contributed by atoms with van der Waals surface area (Å²) in [5.41, 5.74) is 5.43. The highest BCUT2D eigenvalue weighted by Crippen LogP contribution is 2.26. The quantitative estimate of drug-likeness (QED) is 0.139. The topological polar surface area (TPSA) is 175 Å². The van der Waals surface area contributed by atoms with Crippen molar-refractivity contribution in [2.75, 3.05) is 10.6 Å². The summed E-state index contributed by atoms with van der Waals surface area (Å²) in [7, 11) is 0. The van der Waals surface area contributed by atoms with E-state index < -0.39 is 5.56 Å². The molecular weight excluding hydrogens is 721 g/mol. The Morgan fingerprint density at radius 1 is 0.614 bits per heavy atom. The van der Waals surface area contributed by atoms with Crippen molar-refractivity contribution in [2.45, 2.75) is 33.5 Å². The molecule has 0 unspecified atom stereocenters. The minimum Gasteiger partial charge on any atom is -0.423 e. The highest BCUT2D eigenvalue weighted by molar-refractivity contribution is 5.92. The van der Waals surface area contributed by atoms with Crippen LogP contribution in [-0.2, 0) is 19.7 Å². The van der Waals surface area contributed by atoms with Gasteiger partial charge < -0.3 is 20.7 Å². The van der Waals surface area contributed by atoms with Crippen molar-refractivity contribution in [3.05, 3.63) is 177 Å². The van der Waals surface area contributed by atoms with Gasteiger partial charge in [-0.15, -0.1) is 9.46 Å². The van der Waals surface area contributed by atoms with Gasteiger partial charge in [0.05, 0.1) is 33.5 Å². The number of pyridine rings is 4. The van der Waals surface area contributed by atoms with Crippen molar-refractivity contribution in [3.63, 3.8) is 0 Å². The molecule has 14 nitrogen and oxygen atoms in total. The van der Waals surface area contributed by atoms with E-state index in [1.54, 1.807) is 13.1 Å². The third kappa shape index (κ3) is 7.51. The van der Waals surface area contributed by atoms with Crippen molar-refractivity contribution in [1.29, 1.82) is 0 Å². The zero-order chi connectivity index (χ0) is 39.3. The molecule has 0 saturated carbocycles. The average Bonchev–Trinajstić information content (AvgIpc) is 3.24. The molecule has 0 aliphatic heterocycles. The van der Waals surface area contributed by atoms with Gasteiger partial charge in [0.15, 0.2) is 11.3 Å². The predicted molar refractivity (Wildman–Crippen MR) is 219 cm³/mol. The number of fused-ring (bicyclic) bond motifs is 4. The first-order valence-corrected chi connectivity index (χ1v) is 18.1. The molecule has 0 bridgehead atoms. The lowest BCUT2D eigenvalue weighted by atomic mass is 10.1. The first kappa shape index (κ1) is 36.2. The monoisotopic (exact) mass is 756 g/mol. The highest BCUT2D eigenvalue weighted by Gasteiger charge is 2.16. The number of benzene rings is 3. The summed E-state index contributed by atoms with van der Waals surface area (Å²) in [6.07, 6.45) is 10.1. The Morgan fingerprint density at radius 3 is 1.72 bits per heavy atom. The van der Waals surface area contributed by atoms with Crippen LogP contribution in [0.25, 0.3) is 43.6 Å². The molecule has 0 amide bonds. The second-order valence-electron chi connectivity index (χ2n) is 13.2. The third-order valence-corrected chi connectivity index (χ3v) is 9.55. The number of aryl methyl sites for hydroxylation is 2. The number of anilines is 2. The molecule has 57 heavy (non-hydrogen) atoms. The molecule has 0 fully saturated rings. The molecule has 0 saturated heterocycles. The number of nitrogens with zero attached hydrogens (tertiary/aromatic N) is 8. The molecule has 9 rings (SSSR count). The van der Waals surface area contributed by atoms with Crippen LogP contribution in [0.4, 0.5) is 11.4 Å². The van der Waals surface area contributed by atoms with Crippen molar-refractivity contribution in [1.82, 2.24) is 39.4 Å². The Hall–Kier alpha value is -7.74. The Morgan fingerprint density at radius 2 is 1.12 bits per heavy atom. The number of hydrogen-bond donors (Lipinski definition) is 3. The van der Waals surface area contributed by atoms with E-state index in [2.05, 4.69) is 46.6 Å². The molecule has 14 heteroatoms. The van der Waals surface area contributed by atoms with Crippen LogP contribution in [0.3, 0.4) is 0 Å². The van der Waals surface area contributed by atoms with E-state index in [9.17, 15) is 14.8 Å². The molecule has 282 valence electrons. The molecule has 0 spiro atoms. The lowest BCUT2D eigenvalue weighted by molar-refractivity contribution is 0.0979. The van der Waals surface area contributed by atoms with Gasteiger partial charge in [-0.05, 0) is 41.3 Å². The smallest absolute Gasteiger partial charge is 0.287 e. The summed E-state index contributed by atoms with van der Waals surface area (Å²) in [6, 6.07) is 28.6. The molecule has 6 heterocycles. The van der Waals surface area contributed by atoms with E-state index in [1.807, 2.05) is 98.3 Å². The predicted octanol–water partition coefficient (Wildman–Crippen LogP) is 6.39. The fourth-order valence-electron chi connectivity index (χ4n) is 6.72. The standard InChI is InChI=1S/C25H21N5O2.C18H15N5O2/c1-17-24-22(27-14-20-13-26-12-19-9-5-6-10-21(19)20)11-23(31)30(25(24)29-16-28-17)32-15-18-7-3-2-4-8-18;1-11-17-15(6-16(24)23(25)18(17)22-10-21-11)20-9-13-8-19-7-12-4-2-3-5-14(12)13/h2-13,16,27H,14-15H2,1H3;2-8,10,20,25H,9H2,1H3. The fraction of sp³-hybridized carbons (Fsp3) is 0.116. The van der Waals surface area contributed by atoms with Gasteiger partial charge in [0.2, 0.25) is 0 Å². The maximum Gasteiger partial charge on any atom is 0.287 e. The normalized spacial score (nSPS) is 11.1. The van der Waals surface area contributed by atoms with E-state index in [-0.39, 0.29) is 17.8 Å². The summed E-state index contributed by atoms with van der Waals surface area (Å²) < 4.78 is 1.77. The number of hydrogen-bond acceptors (Lipinski definition) is 12. The molecule has 3 aromatic carbocycles. The molecule has 3 N–H and O–H groups in total. The van der Waals surface area contributed by atoms with Gasteiger partial charge in [-0.3, -0.25) is 19.6 Å². The van der Waals surface area contributed by atoms with Crippen molar-refractivity contribution in [3.8, 4) is 0 Å². The minimum atomic E-state index is -0.552. The second-order valence-corrected chi connectivity index (χ2v) is 13.2. The van der Waals surface area contributed by atoms with Crippen LogP contribution < -0.4 is 26.6 Å². The highest BCUT2D eigenvalue weighted by atomic mass is 16.7. The molecule has 0 radical (unpaired) electrons. The first-order chi connectivity index (χ1) is 27.9. The molecule has 0 aliphatic carbocycles. The maximum atomic E-state index is 12.9. The summed E-state index contributed by atoms with van der Waals surface area (Å²) in [5.74, 6) is 0. The van der Waals surface area contributed by atoms with Crippen LogP contribution in [-0.4, -0.2) is 44.6 Å². The van der Waals surface area contributed by atoms with Crippen LogP contribution in [0, 0.1) is 13.8 Å². The molecule has 9 aromatic rings. The number of nitrogens with one attached hydrogen (secondary N) is 2. The molecule has 0 aliphatic rings. The van der Waals surface area contributed by atoms with Gasteiger partial charge in [-0.1, -0.05) is 78.9 Å². The van der Waals surface area contributed by atoms with E-state index in [1.165, 1.54) is 29.5 Å². The molecular formula is C43H36N10O4. The second kappa shape index (κ2) is 15.9. The number of rotatable bonds is 9. The zero-order valence-corrected chi connectivity index (χ0v) is 31.0. The Labute approximate surface area is 325 Å². The number of aromatic nitrogens is 8. The van der Waals surface area contributed by atoms with Crippen molar-refractivity contribution < 1.29 is 10.0 Å². The van der Waals surface area contributed by atoms with Gasteiger partial charge in [0, 0.05) is 60.8 Å². The van der Waals surface area contributed by atoms with Gasteiger partial charge in [-0.25, -0.2) is 19.9 Å². The maximum absolute atomic E-state index is 12.9. The largest absolute Gasteiger partial charge is 0.423 e. The Balaban J connectivity index is 0.000000165. The van der Waals surface area contributed by atoms with Crippen LogP contribution in [0.1, 0.15) is 28.1 Å². The van der Waals surface area contributed by atoms with Gasteiger partial charge in [0.1, 0.15) is 19.3 Å². The summed E-state index contributed by atoms with van der Waals surface area (Å²) >= 11 is 0. The fourth-order valence-corrected chi connectivity index (χ4v) is 6.72. The lowest BCUT2D eigenvalue weighted by Gasteiger charge is -2.16. The van der Waals surface area contributed by atoms with Crippen LogP contribution in [0.2, 0.25) is 0 Å². The van der Waals surface area contributed by atoms with Crippen LogP contribution in [0.15, 0.2) is 138 Å². The Kier molecular flexibility index (Phi) is 10.1. The average molecular weight is 757 g/mol. The van der Waals surface area contributed by atoms with Gasteiger partial charge >= 0.3 is 0 Å². The van der Waals surface area contributed by atoms with Crippen LogP contribution in [0.5, 0.6) is 0 Å². The Bertz CT molecular complexity index is 3010. The third-order valence-electron chi connectivity index (χ3n) is 9.55. The minimum absolute atomic E-state index is 0.179. The van der Waals surface area contributed by atoms with E-state index in [0.29, 0.717) is 45.9 Å². The summed E-state index contributed by atoms with van der Waals surface area (Å²) in [5, 5.41) is 22.2. The summed E-state index contributed by atoms with van der Waals surface area (Å²) in [6.45, 7) is 4.94. The summed E-state index contributed by atoms with van der Waals surface area (Å²) in [4.78, 5) is 56.2. The van der Waals surface area contributed by atoms with Crippen molar-refractivity contribution >= 4 is 55.0 Å². The first-order valence-electron chi connectivity index (χ1n) is 18.1. The van der Waals surface area contributed by atoms with E-state index in [4.69, 9.17) is 4.84 Å². The zero-order valence-electron chi connectivity index (χ0n) is 31.0. The van der Waals surface area contributed by atoms with Gasteiger partial charge in [0.25, 0.3) is 11.1 Å². The molecule has 0 atom stereocenters. The van der Waals surface area contributed by atoms with Gasteiger partial charge in [-0.2, -0.15) is 0 Å².